The van der Waals surface area contributed by atoms with Gasteiger partial charge in [0.2, 0.25) is 0 Å². The monoisotopic (exact) mass is 172 g/mol. The van der Waals surface area contributed by atoms with E-state index < -0.39 is 0 Å². The molecule has 0 aromatic heterocycles. The number of carbonyl (C=O) groups excluding carboxylic acids is 1. The number of thioether (sulfide) groups is 1. The molecule has 0 radical (unpaired) electrons. The summed E-state index contributed by atoms with van der Waals surface area (Å²) in [5, 5.41) is 0. The Morgan fingerprint density at radius 3 is 2.82 bits per heavy atom. The van der Waals surface area contributed by atoms with Gasteiger partial charge in [-0.2, -0.15) is 11.8 Å². The molecule has 0 N–H and O–H groups in total. The van der Waals surface area contributed by atoms with E-state index in [-0.39, 0.29) is 0 Å². The second-order valence-corrected chi connectivity index (χ2v) is 4.25. The highest BCUT2D eigenvalue weighted by molar-refractivity contribution is 7.99. The zero-order chi connectivity index (χ0) is 8.10. The molecule has 64 valence electrons. The smallest absolute Gasteiger partial charge is 0.145 e. The lowest BCUT2D eigenvalue weighted by Gasteiger charge is -1.97. The third-order valence-electron chi connectivity index (χ3n) is 1.92. The van der Waals surface area contributed by atoms with Gasteiger partial charge >= 0.3 is 0 Å². The summed E-state index contributed by atoms with van der Waals surface area (Å²) >= 11 is 1.80. The summed E-state index contributed by atoms with van der Waals surface area (Å²) in [7, 11) is 0. The van der Waals surface area contributed by atoms with Crippen molar-refractivity contribution in [1.82, 2.24) is 0 Å². The van der Waals surface area contributed by atoms with Crippen molar-refractivity contribution in [3.05, 3.63) is 0 Å². The molecule has 0 saturated heterocycles. The number of hydrogen-bond donors (Lipinski definition) is 0. The van der Waals surface area contributed by atoms with Crippen LogP contribution in [0.25, 0.3) is 0 Å². The van der Waals surface area contributed by atoms with Gasteiger partial charge in [-0.1, -0.05) is 13.3 Å². The first kappa shape index (κ1) is 9.11. The average Bonchev–Trinajstić information content (AvgIpc) is 2.79. The predicted molar refractivity (Wildman–Crippen MR) is 50.0 cm³/mol. The highest BCUT2D eigenvalue weighted by atomic mass is 32.2. The van der Waals surface area contributed by atoms with Crippen molar-refractivity contribution in [1.29, 1.82) is 0 Å². The molecule has 0 amide bonds. The Balaban J connectivity index is 1.89. The summed E-state index contributed by atoms with van der Waals surface area (Å²) in [4.78, 5) is 11.1. The van der Waals surface area contributed by atoms with Crippen molar-refractivity contribution in [3.63, 3.8) is 0 Å². The minimum absolute atomic E-state index is 0.462. The van der Waals surface area contributed by atoms with Crippen LogP contribution in [0.3, 0.4) is 0 Å². The number of carbonyl (C=O) groups is 1. The van der Waals surface area contributed by atoms with Crippen molar-refractivity contribution in [2.24, 2.45) is 5.92 Å². The predicted octanol–water partition coefficient (Wildman–Crippen LogP) is 2.50. The largest absolute Gasteiger partial charge is 0.298 e. The maximum atomic E-state index is 11.1. The second-order valence-electron chi connectivity index (χ2n) is 3.15. The van der Waals surface area contributed by atoms with E-state index in [1.807, 2.05) is 0 Å². The first-order valence-electron chi connectivity index (χ1n) is 4.45. The van der Waals surface area contributed by atoms with Crippen molar-refractivity contribution in [2.45, 2.75) is 32.6 Å². The van der Waals surface area contributed by atoms with Crippen LogP contribution >= 0.6 is 11.8 Å². The van der Waals surface area contributed by atoms with Crippen LogP contribution < -0.4 is 0 Å². The molecule has 0 aliphatic heterocycles. The van der Waals surface area contributed by atoms with Gasteiger partial charge in [0.15, 0.2) is 0 Å². The summed E-state index contributed by atoms with van der Waals surface area (Å²) < 4.78 is 0. The van der Waals surface area contributed by atoms with E-state index in [2.05, 4.69) is 6.92 Å². The number of rotatable bonds is 6. The van der Waals surface area contributed by atoms with Crippen LogP contribution in [0, 0.1) is 5.92 Å². The summed E-state index contributed by atoms with van der Waals surface area (Å²) in [5.41, 5.74) is 0. The van der Waals surface area contributed by atoms with Gasteiger partial charge in [0.25, 0.3) is 0 Å². The summed E-state index contributed by atoms with van der Waals surface area (Å²) in [6, 6.07) is 0. The van der Waals surface area contributed by atoms with Crippen molar-refractivity contribution in [2.75, 3.05) is 11.5 Å². The van der Waals surface area contributed by atoms with Crippen molar-refractivity contribution in [3.8, 4) is 0 Å². The Labute approximate surface area is 72.9 Å². The highest BCUT2D eigenvalue weighted by Crippen LogP contribution is 2.30. The van der Waals surface area contributed by atoms with E-state index in [4.69, 9.17) is 0 Å². The van der Waals surface area contributed by atoms with Crippen LogP contribution in [-0.2, 0) is 4.79 Å². The normalized spacial score (nSPS) is 16.8. The lowest BCUT2D eigenvalue weighted by Crippen LogP contribution is -2.03. The molecule has 0 heterocycles. The van der Waals surface area contributed by atoms with Crippen LogP contribution in [-0.4, -0.2) is 17.3 Å². The Morgan fingerprint density at radius 1 is 1.55 bits per heavy atom. The minimum atomic E-state index is 0.462. The first-order valence-corrected chi connectivity index (χ1v) is 5.60. The molecule has 0 atom stereocenters. The molecule has 0 spiro atoms. The molecule has 1 aliphatic carbocycles. The van der Waals surface area contributed by atoms with Crippen LogP contribution in [0.5, 0.6) is 0 Å². The zero-order valence-corrected chi connectivity index (χ0v) is 7.95. The van der Waals surface area contributed by atoms with Gasteiger partial charge in [0.1, 0.15) is 5.78 Å². The first-order chi connectivity index (χ1) is 5.34. The van der Waals surface area contributed by atoms with Gasteiger partial charge in [-0.25, -0.2) is 0 Å². The maximum absolute atomic E-state index is 11.1. The van der Waals surface area contributed by atoms with Crippen LogP contribution in [0.1, 0.15) is 32.6 Å². The Morgan fingerprint density at radius 2 is 2.27 bits per heavy atom. The molecule has 11 heavy (non-hydrogen) atoms. The van der Waals surface area contributed by atoms with E-state index in [0.29, 0.717) is 11.7 Å². The van der Waals surface area contributed by atoms with E-state index in [1.165, 1.54) is 12.8 Å². The van der Waals surface area contributed by atoms with E-state index >= 15 is 0 Å². The fourth-order valence-corrected chi connectivity index (χ4v) is 2.02. The number of ketones is 1. The zero-order valence-electron chi connectivity index (χ0n) is 7.14. The molecular weight excluding hydrogens is 156 g/mol. The second kappa shape index (κ2) is 4.81. The Hall–Kier alpha value is 0.0200. The molecule has 0 aromatic rings. The van der Waals surface area contributed by atoms with Gasteiger partial charge in [0.05, 0.1) is 5.75 Å². The molecule has 1 rings (SSSR count). The Bertz CT molecular complexity index is 130. The molecule has 1 nitrogen and oxygen atoms in total. The van der Waals surface area contributed by atoms with E-state index in [9.17, 15) is 4.79 Å². The highest BCUT2D eigenvalue weighted by Gasteiger charge is 2.28. The summed E-state index contributed by atoms with van der Waals surface area (Å²) in [5.74, 6) is 2.88. The fraction of sp³-hybridized carbons (Fsp3) is 0.889. The molecule has 0 unspecified atom stereocenters. The van der Waals surface area contributed by atoms with E-state index in [1.54, 1.807) is 11.8 Å². The fourth-order valence-electron chi connectivity index (χ4n) is 0.942. The summed E-state index contributed by atoms with van der Waals surface area (Å²) in [6.45, 7) is 2.18. The standard InChI is InChI=1S/C9H16OS/c1-2-3-6-11-7-9(10)8-4-5-8/h8H,2-7H2,1H3. The van der Waals surface area contributed by atoms with Gasteiger partial charge in [-0.15, -0.1) is 0 Å². The van der Waals surface area contributed by atoms with Crippen molar-refractivity contribution < 1.29 is 4.79 Å². The number of hydrogen-bond acceptors (Lipinski definition) is 2. The molecule has 1 aliphatic rings. The maximum Gasteiger partial charge on any atom is 0.145 e. The lowest BCUT2D eigenvalue weighted by molar-refractivity contribution is -0.117. The number of unbranched alkanes of at least 4 members (excludes halogenated alkanes) is 1. The molecule has 2 heteroatoms. The van der Waals surface area contributed by atoms with Crippen LogP contribution in [0.4, 0.5) is 0 Å². The minimum Gasteiger partial charge on any atom is -0.298 e. The number of Topliss-reactive ketones (excluding diaryl/α,β-unsaturated/α-hetero) is 1. The molecule has 0 aromatic carbocycles. The third kappa shape index (κ3) is 3.80. The van der Waals surface area contributed by atoms with Crippen LogP contribution in [0.2, 0.25) is 0 Å². The average molecular weight is 172 g/mol. The van der Waals surface area contributed by atoms with Gasteiger partial charge in [-0.05, 0) is 25.0 Å². The molecule has 1 saturated carbocycles. The Kier molecular flexibility index (Phi) is 3.98. The lowest BCUT2D eigenvalue weighted by atomic mass is 10.3. The molecular formula is C9H16OS. The summed E-state index contributed by atoms with van der Waals surface area (Å²) in [6.07, 6.45) is 4.81. The van der Waals surface area contributed by atoms with Gasteiger partial charge in [-0.3, -0.25) is 4.79 Å². The van der Waals surface area contributed by atoms with Gasteiger partial charge in [0, 0.05) is 5.92 Å². The molecule has 0 bridgehead atoms. The van der Waals surface area contributed by atoms with Gasteiger partial charge < -0.3 is 0 Å². The van der Waals surface area contributed by atoms with E-state index in [0.717, 1.165) is 24.3 Å². The third-order valence-corrected chi connectivity index (χ3v) is 2.99. The van der Waals surface area contributed by atoms with Crippen LogP contribution in [0.15, 0.2) is 0 Å². The topological polar surface area (TPSA) is 17.1 Å². The SMILES string of the molecule is CCCCSCC(=O)C1CC1. The molecule has 1 fully saturated rings. The quantitative estimate of drug-likeness (QED) is 0.573. The van der Waals surface area contributed by atoms with Crippen molar-refractivity contribution >= 4 is 17.5 Å².